The molecule has 6 nitrogen and oxygen atoms in total. The van der Waals surface area contributed by atoms with E-state index in [1.165, 1.54) is 0 Å². The van der Waals surface area contributed by atoms with E-state index in [1.54, 1.807) is 11.8 Å². The summed E-state index contributed by atoms with van der Waals surface area (Å²) in [6.45, 7) is 3.01. The third-order valence-corrected chi connectivity index (χ3v) is 5.81. The number of carbonyl (C=O) groups excluding carboxylic acids is 1. The van der Waals surface area contributed by atoms with Crippen molar-refractivity contribution in [3.63, 3.8) is 0 Å². The molecule has 0 amide bonds. The van der Waals surface area contributed by atoms with E-state index in [0.29, 0.717) is 19.6 Å². The summed E-state index contributed by atoms with van der Waals surface area (Å²) in [4.78, 5) is 14.5. The third kappa shape index (κ3) is 4.86. The lowest BCUT2D eigenvalue weighted by molar-refractivity contribution is 0.0982. The number of hydrogen-bond donors (Lipinski definition) is 0. The first kappa shape index (κ1) is 19.7. The zero-order valence-electron chi connectivity index (χ0n) is 16.2. The Kier molecular flexibility index (Phi) is 6.59. The van der Waals surface area contributed by atoms with Crippen LogP contribution in [0.25, 0.3) is 5.69 Å². The first-order chi connectivity index (χ1) is 14.3. The first-order valence-corrected chi connectivity index (χ1v) is 10.9. The fraction of sp³-hybridized carbons (Fsp3) is 0.318. The summed E-state index contributed by atoms with van der Waals surface area (Å²) in [6.07, 6.45) is 1.33. The molecule has 1 aliphatic rings. The molecule has 1 aliphatic heterocycles. The second kappa shape index (κ2) is 9.71. The number of carbonyl (C=O) groups is 1. The van der Waals surface area contributed by atoms with Crippen molar-refractivity contribution in [2.45, 2.75) is 18.0 Å². The number of thioether (sulfide) groups is 1. The maximum absolute atomic E-state index is 12.3. The zero-order valence-corrected chi connectivity index (χ0v) is 17.1. The maximum atomic E-state index is 12.3. The Morgan fingerprint density at radius 1 is 0.966 bits per heavy atom. The van der Waals surface area contributed by atoms with E-state index in [4.69, 9.17) is 4.74 Å². The Bertz CT molecular complexity index is 925. The van der Waals surface area contributed by atoms with Crippen molar-refractivity contribution in [2.24, 2.45) is 0 Å². The van der Waals surface area contributed by atoms with Crippen LogP contribution >= 0.6 is 11.8 Å². The molecule has 3 aromatic rings. The van der Waals surface area contributed by atoms with Crippen molar-refractivity contribution in [3.05, 3.63) is 66.2 Å². The summed E-state index contributed by atoms with van der Waals surface area (Å²) in [5.74, 6) is 1.85. The smallest absolute Gasteiger partial charge is 0.232 e. The summed E-state index contributed by atoms with van der Waals surface area (Å²) in [5.41, 5.74) is 1.82. The average Bonchev–Trinajstić information content (AvgIpc) is 3.22. The van der Waals surface area contributed by atoms with Gasteiger partial charge in [-0.2, -0.15) is 0 Å². The molecule has 1 fully saturated rings. The molecule has 0 spiro atoms. The van der Waals surface area contributed by atoms with Crippen LogP contribution in [0.15, 0.2) is 65.8 Å². The van der Waals surface area contributed by atoms with Gasteiger partial charge in [0.05, 0.1) is 18.9 Å². The molecule has 29 heavy (non-hydrogen) atoms. The molecule has 2 heterocycles. The summed E-state index contributed by atoms with van der Waals surface area (Å²) in [6, 6.07) is 19.6. The molecular weight excluding hydrogens is 384 g/mol. The average molecular weight is 409 g/mol. The van der Waals surface area contributed by atoms with Gasteiger partial charge in [-0.1, -0.05) is 60.3 Å². The van der Waals surface area contributed by atoms with Crippen LogP contribution < -0.4 is 4.90 Å². The molecule has 0 unspecified atom stereocenters. The van der Waals surface area contributed by atoms with Gasteiger partial charge >= 0.3 is 0 Å². The number of para-hydroxylation sites is 1. The number of benzene rings is 2. The van der Waals surface area contributed by atoms with Crippen molar-refractivity contribution >= 4 is 23.5 Å². The molecule has 1 aromatic heterocycles. The summed E-state index contributed by atoms with van der Waals surface area (Å²) >= 11 is 1.64. The third-order valence-electron chi connectivity index (χ3n) is 4.80. The lowest BCUT2D eigenvalue weighted by Crippen LogP contribution is -2.37. The molecule has 1 saturated heterocycles. The second-order valence-electron chi connectivity index (χ2n) is 6.79. The van der Waals surface area contributed by atoms with Gasteiger partial charge in [0.25, 0.3) is 0 Å². The van der Waals surface area contributed by atoms with Gasteiger partial charge in [-0.05, 0) is 18.6 Å². The maximum Gasteiger partial charge on any atom is 0.232 e. The van der Waals surface area contributed by atoms with E-state index in [2.05, 4.69) is 31.8 Å². The van der Waals surface area contributed by atoms with Gasteiger partial charge in [-0.3, -0.25) is 9.36 Å². The van der Waals surface area contributed by atoms with Gasteiger partial charge in [0, 0.05) is 30.8 Å². The van der Waals surface area contributed by atoms with E-state index in [1.807, 2.05) is 48.5 Å². The van der Waals surface area contributed by atoms with Crippen molar-refractivity contribution in [1.82, 2.24) is 14.8 Å². The number of rotatable bonds is 8. The topological polar surface area (TPSA) is 60.3 Å². The molecule has 2 aromatic carbocycles. The minimum Gasteiger partial charge on any atom is -0.378 e. The van der Waals surface area contributed by atoms with Crippen LogP contribution in [0.1, 0.15) is 23.2 Å². The number of morpholine rings is 1. The molecule has 0 N–H and O–H groups in total. The van der Waals surface area contributed by atoms with Gasteiger partial charge < -0.3 is 9.64 Å². The van der Waals surface area contributed by atoms with Crippen LogP contribution in [0, 0.1) is 0 Å². The highest BCUT2D eigenvalue weighted by Crippen LogP contribution is 2.27. The van der Waals surface area contributed by atoms with Crippen LogP contribution in [-0.2, 0) is 4.74 Å². The zero-order chi connectivity index (χ0) is 19.9. The van der Waals surface area contributed by atoms with Gasteiger partial charge in [0.1, 0.15) is 0 Å². The molecule has 0 atom stereocenters. The Balaban J connectivity index is 1.44. The largest absolute Gasteiger partial charge is 0.378 e. The molecule has 150 valence electrons. The van der Waals surface area contributed by atoms with Crippen LogP contribution in [0.5, 0.6) is 0 Å². The fourth-order valence-corrected chi connectivity index (χ4v) is 4.18. The fourth-order valence-electron chi connectivity index (χ4n) is 3.29. The van der Waals surface area contributed by atoms with E-state index >= 15 is 0 Å². The number of nitrogens with zero attached hydrogens (tertiary/aromatic N) is 4. The number of aromatic nitrogens is 3. The highest BCUT2D eigenvalue weighted by atomic mass is 32.2. The van der Waals surface area contributed by atoms with Gasteiger partial charge in [0.2, 0.25) is 5.95 Å². The number of ether oxygens (including phenoxy) is 1. The lowest BCUT2D eigenvalue weighted by Gasteiger charge is -2.27. The Morgan fingerprint density at radius 3 is 2.38 bits per heavy atom. The van der Waals surface area contributed by atoms with E-state index < -0.39 is 0 Å². The number of anilines is 1. The highest BCUT2D eigenvalue weighted by molar-refractivity contribution is 7.99. The van der Waals surface area contributed by atoms with Crippen LogP contribution in [0.4, 0.5) is 5.95 Å². The minimum atomic E-state index is 0.185. The SMILES string of the molecule is O=C(CCCSc1nnc(N2CCOCC2)n1-c1ccccc1)c1ccccc1. The predicted molar refractivity (Wildman–Crippen MR) is 115 cm³/mol. The quantitative estimate of drug-likeness (QED) is 0.320. The molecule has 4 rings (SSSR count). The lowest BCUT2D eigenvalue weighted by atomic mass is 10.1. The standard InChI is InChI=1S/C22H24N4O2S/c27-20(18-8-3-1-4-9-18)12-7-17-29-22-24-23-21(25-13-15-28-16-14-25)26(22)19-10-5-2-6-11-19/h1-6,8-11H,7,12-17H2. The summed E-state index contributed by atoms with van der Waals surface area (Å²) in [5, 5.41) is 9.78. The first-order valence-electron chi connectivity index (χ1n) is 9.87. The van der Waals surface area contributed by atoms with Crippen molar-refractivity contribution < 1.29 is 9.53 Å². The molecule has 0 saturated carbocycles. The van der Waals surface area contributed by atoms with E-state index in [0.717, 1.165) is 47.6 Å². The van der Waals surface area contributed by atoms with Crippen molar-refractivity contribution in [2.75, 3.05) is 37.0 Å². The van der Waals surface area contributed by atoms with Gasteiger partial charge in [-0.25, -0.2) is 0 Å². The number of hydrogen-bond acceptors (Lipinski definition) is 6. The van der Waals surface area contributed by atoms with Gasteiger partial charge in [0.15, 0.2) is 10.9 Å². The van der Waals surface area contributed by atoms with E-state index in [-0.39, 0.29) is 5.78 Å². The van der Waals surface area contributed by atoms with Crippen molar-refractivity contribution in [3.8, 4) is 5.69 Å². The predicted octanol–water partition coefficient (Wildman–Crippen LogP) is 3.86. The second-order valence-corrected chi connectivity index (χ2v) is 7.86. The monoisotopic (exact) mass is 408 g/mol. The van der Waals surface area contributed by atoms with Crippen LogP contribution in [-0.4, -0.2) is 52.6 Å². The normalized spacial score (nSPS) is 14.1. The van der Waals surface area contributed by atoms with Gasteiger partial charge in [-0.15, -0.1) is 10.2 Å². The number of ketones is 1. The molecule has 0 bridgehead atoms. The van der Waals surface area contributed by atoms with Crippen LogP contribution in [0.3, 0.4) is 0 Å². The van der Waals surface area contributed by atoms with Crippen LogP contribution in [0.2, 0.25) is 0 Å². The molecule has 0 radical (unpaired) electrons. The van der Waals surface area contributed by atoms with Crippen molar-refractivity contribution in [1.29, 1.82) is 0 Å². The Hall–Kier alpha value is -2.64. The summed E-state index contributed by atoms with van der Waals surface area (Å²) in [7, 11) is 0. The van der Waals surface area contributed by atoms with E-state index in [9.17, 15) is 4.79 Å². The highest BCUT2D eigenvalue weighted by Gasteiger charge is 2.21. The minimum absolute atomic E-state index is 0.185. The summed E-state index contributed by atoms with van der Waals surface area (Å²) < 4.78 is 7.58. The Morgan fingerprint density at radius 2 is 1.66 bits per heavy atom. The molecule has 0 aliphatic carbocycles. The Labute approximate surface area is 174 Å². The molecular formula is C22H24N4O2S. The molecule has 7 heteroatoms. The number of Topliss-reactive ketones (excluding diaryl/α,β-unsaturated/α-hetero) is 1.